The van der Waals surface area contributed by atoms with E-state index in [9.17, 15) is 0 Å². The Morgan fingerprint density at radius 3 is 1.62 bits per heavy atom. The van der Waals surface area contributed by atoms with Crippen LogP contribution >= 0.6 is 32.4 Å². The van der Waals surface area contributed by atoms with Crippen molar-refractivity contribution in [2.45, 2.75) is 0 Å². The summed E-state index contributed by atoms with van der Waals surface area (Å²) in [5, 5.41) is 1.89. The number of rotatable bonds is 7. The van der Waals surface area contributed by atoms with Gasteiger partial charge in [0.15, 0.2) is 0 Å². The molecule has 0 aliphatic carbocycles. The van der Waals surface area contributed by atoms with Crippen molar-refractivity contribution >= 4 is 65.5 Å². The molecule has 0 bridgehead atoms. The minimum atomic E-state index is -3.44. The fourth-order valence-corrected chi connectivity index (χ4v) is 13.0. The van der Waals surface area contributed by atoms with Gasteiger partial charge in [-0.2, -0.15) is 0 Å². The van der Waals surface area contributed by atoms with Crippen molar-refractivity contribution in [2.75, 3.05) is 7.11 Å². The summed E-state index contributed by atoms with van der Waals surface area (Å²) in [4.78, 5) is 4.84. The molecule has 0 saturated heterocycles. The monoisotopic (exact) mass is 585 g/mol. The number of methoxy groups -OCH3 is 1. The topological polar surface area (TPSA) is 21.6 Å². The van der Waals surface area contributed by atoms with Crippen molar-refractivity contribution in [1.82, 2.24) is 0 Å². The van der Waals surface area contributed by atoms with Crippen molar-refractivity contribution in [3.63, 3.8) is 0 Å². The third kappa shape index (κ3) is 4.53. The average Bonchev–Trinajstić information content (AvgIpc) is 2.98. The molecule has 0 aliphatic heterocycles. The number of halogens is 2. The van der Waals surface area contributed by atoms with E-state index in [2.05, 4.69) is 119 Å². The quantitative estimate of drug-likeness (QED) is 0.142. The van der Waals surface area contributed by atoms with Crippen LogP contribution in [0.15, 0.2) is 138 Å². The Morgan fingerprint density at radius 1 is 0.676 bits per heavy atom. The average molecular weight is 587 g/mol. The molecule has 0 radical (unpaired) electrons. The first-order valence-corrected chi connectivity index (χ1v) is 16.6. The van der Waals surface area contributed by atoms with Gasteiger partial charge in [0, 0.05) is 0 Å². The van der Waals surface area contributed by atoms with E-state index < -0.39 is 5.31 Å². The molecule has 5 rings (SSSR count). The number of aliphatic imine (C=N–C) groups is 1. The molecule has 0 N–H and O–H groups in total. The van der Waals surface area contributed by atoms with Crippen LogP contribution in [0, 0.1) is 0 Å². The van der Waals surface area contributed by atoms with Crippen LogP contribution in [0.5, 0.6) is 5.75 Å². The SMILES string of the molecule is COc1ccc(N=Cc2ccc(Cl)cc2P(Br)(c2ccccc2)(c2ccccc2)c2ccccc2)cc1. The van der Waals surface area contributed by atoms with E-state index in [1.54, 1.807) is 7.11 Å². The summed E-state index contributed by atoms with van der Waals surface area (Å²) in [7, 11) is 1.66. The van der Waals surface area contributed by atoms with Crippen LogP contribution in [0.1, 0.15) is 5.56 Å². The molecular formula is C32H26BrClNOP. The molecule has 5 heteroatoms. The molecule has 5 aromatic rings. The molecule has 5 aromatic carbocycles. The molecule has 184 valence electrons. The second kappa shape index (κ2) is 10.6. The zero-order chi connectivity index (χ0) is 25.7. The molecule has 0 aromatic heterocycles. The van der Waals surface area contributed by atoms with Gasteiger partial charge >= 0.3 is 232 Å². The van der Waals surface area contributed by atoms with Gasteiger partial charge in [-0.25, -0.2) is 0 Å². The maximum atomic E-state index is 6.74. The van der Waals surface area contributed by atoms with E-state index in [0.29, 0.717) is 5.02 Å². The standard InChI is InChI=1S/C32H26BrClNOP/c1-36-28-21-19-27(20-22-28)35-24-25-17-18-26(34)23-32(25)37(33,29-11-5-2-6-12-29,30-13-7-3-8-14-30)31-15-9-4-10-16-31/h2-24H,1H3. The molecule has 0 saturated carbocycles. The van der Waals surface area contributed by atoms with E-state index in [0.717, 1.165) is 22.3 Å². The Labute approximate surface area is 231 Å². The van der Waals surface area contributed by atoms with Crippen LogP contribution < -0.4 is 26.0 Å². The van der Waals surface area contributed by atoms with Gasteiger partial charge in [-0.3, -0.25) is 0 Å². The van der Waals surface area contributed by atoms with E-state index in [4.69, 9.17) is 21.3 Å². The van der Waals surface area contributed by atoms with Crippen LogP contribution in [-0.4, -0.2) is 13.3 Å². The summed E-state index contributed by atoms with van der Waals surface area (Å²) in [6.07, 6.45) is 1.94. The van der Waals surface area contributed by atoms with Gasteiger partial charge in [0.1, 0.15) is 0 Å². The van der Waals surface area contributed by atoms with Gasteiger partial charge in [0.2, 0.25) is 0 Å². The number of hydrogen-bond donors (Lipinski definition) is 0. The molecule has 0 amide bonds. The Hall–Kier alpha value is -3.23. The second-order valence-corrected chi connectivity index (χ2v) is 17.4. The van der Waals surface area contributed by atoms with Crippen LogP contribution in [-0.2, 0) is 0 Å². The van der Waals surface area contributed by atoms with Crippen molar-refractivity contribution in [3.05, 3.63) is 144 Å². The molecule has 0 fully saturated rings. The van der Waals surface area contributed by atoms with Crippen LogP contribution in [0.2, 0.25) is 5.02 Å². The first kappa shape index (κ1) is 25.4. The van der Waals surface area contributed by atoms with E-state index in [-0.39, 0.29) is 0 Å². The second-order valence-electron chi connectivity index (χ2n) is 8.67. The van der Waals surface area contributed by atoms with Crippen molar-refractivity contribution < 1.29 is 4.74 Å². The number of benzene rings is 5. The zero-order valence-corrected chi connectivity index (χ0v) is 23.6. The van der Waals surface area contributed by atoms with Gasteiger partial charge < -0.3 is 0 Å². The summed E-state index contributed by atoms with van der Waals surface area (Å²) < 4.78 is 5.30. The summed E-state index contributed by atoms with van der Waals surface area (Å²) in [6.45, 7) is 0. The number of hydrogen-bond acceptors (Lipinski definition) is 2. The van der Waals surface area contributed by atoms with E-state index >= 15 is 0 Å². The summed E-state index contributed by atoms with van der Waals surface area (Å²) >= 11 is 11.3. The van der Waals surface area contributed by atoms with Gasteiger partial charge in [0.25, 0.3) is 0 Å². The van der Waals surface area contributed by atoms with Gasteiger partial charge in [0.05, 0.1) is 0 Å². The van der Waals surface area contributed by atoms with E-state index in [1.165, 1.54) is 15.9 Å². The van der Waals surface area contributed by atoms with Crippen molar-refractivity contribution in [2.24, 2.45) is 4.99 Å². The summed E-state index contributed by atoms with van der Waals surface area (Å²) in [5.41, 5.74) is 1.84. The third-order valence-corrected chi connectivity index (χ3v) is 16.8. The van der Waals surface area contributed by atoms with Crippen LogP contribution in [0.25, 0.3) is 0 Å². The van der Waals surface area contributed by atoms with Gasteiger partial charge in [-0.15, -0.1) is 0 Å². The third-order valence-electron chi connectivity index (χ3n) is 6.59. The Balaban J connectivity index is 1.86. The fourth-order valence-electron chi connectivity index (χ4n) is 4.79. The molecule has 0 atom stereocenters. The first-order valence-electron chi connectivity index (χ1n) is 11.9. The molecule has 37 heavy (non-hydrogen) atoms. The molecule has 2 nitrogen and oxygen atoms in total. The first-order chi connectivity index (χ1) is 18.0. The Kier molecular flexibility index (Phi) is 7.31. The summed E-state index contributed by atoms with van der Waals surface area (Å²) in [5.74, 6) is 0.800. The predicted molar refractivity (Wildman–Crippen MR) is 165 cm³/mol. The van der Waals surface area contributed by atoms with Crippen molar-refractivity contribution in [1.29, 1.82) is 0 Å². The number of nitrogens with zero attached hydrogens (tertiary/aromatic N) is 1. The van der Waals surface area contributed by atoms with Gasteiger partial charge in [-0.05, 0) is 0 Å². The van der Waals surface area contributed by atoms with Crippen LogP contribution in [0.3, 0.4) is 0 Å². The normalized spacial score (nSPS) is 12.7. The van der Waals surface area contributed by atoms with Gasteiger partial charge in [-0.1, -0.05) is 0 Å². The Morgan fingerprint density at radius 2 is 1.16 bits per heavy atom. The predicted octanol–water partition coefficient (Wildman–Crippen LogP) is 7.56. The fraction of sp³-hybridized carbons (Fsp3) is 0.0312. The number of ether oxygens (including phenoxy) is 1. The molecule has 0 unspecified atom stereocenters. The van der Waals surface area contributed by atoms with Crippen LogP contribution in [0.4, 0.5) is 5.69 Å². The molecule has 0 heterocycles. The minimum absolute atomic E-state index is 0.674. The Bertz CT molecular complexity index is 1430. The summed E-state index contributed by atoms with van der Waals surface area (Å²) in [6, 6.07) is 45.8. The maximum absolute atomic E-state index is 6.74. The molecule has 0 spiro atoms. The molecule has 0 aliphatic rings. The van der Waals surface area contributed by atoms with Crippen molar-refractivity contribution in [3.8, 4) is 5.75 Å². The zero-order valence-electron chi connectivity index (χ0n) is 20.3. The van der Waals surface area contributed by atoms with E-state index in [1.807, 2.05) is 36.5 Å². The molecular weight excluding hydrogens is 561 g/mol.